The van der Waals surface area contributed by atoms with Crippen molar-refractivity contribution in [2.75, 3.05) is 12.5 Å². The maximum Gasteiger partial charge on any atom is 0.237 e. The summed E-state index contributed by atoms with van der Waals surface area (Å²) in [5.41, 5.74) is 5.98. The molecule has 0 saturated heterocycles. The summed E-state index contributed by atoms with van der Waals surface area (Å²) < 4.78 is 5.17. The minimum Gasteiger partial charge on any atom is -0.497 e. The Hall–Kier alpha value is -3.68. The van der Waals surface area contributed by atoms with E-state index in [4.69, 9.17) is 15.3 Å². The van der Waals surface area contributed by atoms with Crippen molar-refractivity contribution in [2.45, 2.75) is 0 Å². The number of hydrogen-bond acceptors (Lipinski definition) is 7. The number of rotatable bonds is 5. The zero-order valence-corrected chi connectivity index (χ0v) is 14.6. The van der Waals surface area contributed by atoms with E-state index < -0.39 is 0 Å². The Labute approximate surface area is 154 Å². The minimum atomic E-state index is -0.230. The summed E-state index contributed by atoms with van der Waals surface area (Å²) in [4.78, 5) is 4.68. The minimum absolute atomic E-state index is 0.230. The summed E-state index contributed by atoms with van der Waals surface area (Å²) in [5.74, 6) is 0.803. The van der Waals surface area contributed by atoms with Gasteiger partial charge in [0.15, 0.2) is 0 Å². The van der Waals surface area contributed by atoms with Gasteiger partial charge in [-0.1, -0.05) is 12.1 Å². The number of nitrogens with zero attached hydrogens (tertiary/aromatic N) is 4. The van der Waals surface area contributed by atoms with Gasteiger partial charge in [0.25, 0.3) is 0 Å². The number of nitriles is 2. The molecule has 1 heterocycles. The van der Waals surface area contributed by atoms with Gasteiger partial charge in [-0.05, 0) is 36.4 Å². The second kappa shape index (κ2) is 7.93. The van der Waals surface area contributed by atoms with Crippen molar-refractivity contribution in [3.63, 3.8) is 0 Å². The Kier molecular flexibility index (Phi) is 5.23. The Morgan fingerprint density at radius 1 is 1.12 bits per heavy atom. The van der Waals surface area contributed by atoms with Crippen LogP contribution in [0.5, 0.6) is 5.75 Å². The van der Waals surface area contributed by atoms with Gasteiger partial charge in [0.2, 0.25) is 5.71 Å². The van der Waals surface area contributed by atoms with Gasteiger partial charge in [-0.15, -0.1) is 11.3 Å². The normalized spacial score (nSPS) is 9.65. The van der Waals surface area contributed by atoms with E-state index in [0.29, 0.717) is 5.69 Å². The number of thiazole rings is 1. The molecule has 0 spiro atoms. The van der Waals surface area contributed by atoms with Crippen molar-refractivity contribution in [3.8, 4) is 39.7 Å². The molecule has 0 aliphatic heterocycles. The van der Waals surface area contributed by atoms with Gasteiger partial charge in [-0.3, -0.25) is 5.43 Å². The molecule has 126 valence electrons. The van der Waals surface area contributed by atoms with Crippen molar-refractivity contribution in [1.82, 2.24) is 4.98 Å². The third-order valence-electron chi connectivity index (χ3n) is 3.51. The van der Waals surface area contributed by atoms with Crippen molar-refractivity contribution < 1.29 is 4.74 Å². The first-order valence-corrected chi connectivity index (χ1v) is 8.45. The Morgan fingerprint density at radius 2 is 1.88 bits per heavy atom. The lowest BCUT2D eigenvalue weighted by molar-refractivity contribution is 0.415. The van der Waals surface area contributed by atoms with Crippen LogP contribution >= 0.6 is 11.3 Å². The molecule has 2 aromatic carbocycles. The molecule has 0 radical (unpaired) electrons. The maximum atomic E-state index is 8.72. The molecule has 7 heteroatoms. The van der Waals surface area contributed by atoms with E-state index in [9.17, 15) is 0 Å². The van der Waals surface area contributed by atoms with Crippen LogP contribution in [0.15, 0.2) is 59.0 Å². The lowest BCUT2D eigenvalue weighted by Crippen LogP contribution is -1.96. The van der Waals surface area contributed by atoms with Crippen LogP contribution in [0.25, 0.3) is 21.8 Å². The third kappa shape index (κ3) is 3.86. The summed E-state index contributed by atoms with van der Waals surface area (Å²) in [6, 6.07) is 18.6. The quantitative estimate of drug-likeness (QED) is 0.541. The smallest absolute Gasteiger partial charge is 0.237 e. The van der Waals surface area contributed by atoms with Crippen LogP contribution < -0.4 is 10.2 Å². The zero-order valence-electron chi connectivity index (χ0n) is 13.8. The van der Waals surface area contributed by atoms with Crippen molar-refractivity contribution >= 4 is 22.7 Å². The molecule has 3 aromatic rings. The Bertz CT molecular complexity index is 1010. The van der Waals surface area contributed by atoms with Crippen molar-refractivity contribution in [1.29, 1.82) is 10.5 Å². The summed E-state index contributed by atoms with van der Waals surface area (Å²) in [5, 5.41) is 24.1. The molecule has 0 unspecified atom stereocenters. The van der Waals surface area contributed by atoms with Crippen LogP contribution in [0.1, 0.15) is 0 Å². The molecule has 26 heavy (non-hydrogen) atoms. The van der Waals surface area contributed by atoms with Gasteiger partial charge in [-0.25, -0.2) is 4.98 Å². The highest BCUT2D eigenvalue weighted by Crippen LogP contribution is 2.30. The molecule has 0 atom stereocenters. The number of ether oxygens (including phenoxy) is 1. The Balaban J connectivity index is 1.83. The molecule has 3 rings (SSSR count). The average Bonchev–Trinajstić information content (AvgIpc) is 3.19. The highest BCUT2D eigenvalue weighted by molar-refractivity contribution is 7.13. The van der Waals surface area contributed by atoms with Gasteiger partial charge in [0, 0.05) is 16.5 Å². The first kappa shape index (κ1) is 17.2. The first-order valence-electron chi connectivity index (χ1n) is 7.58. The molecule has 1 N–H and O–H groups in total. The SMILES string of the molecule is COc1ccc(-c2csc(-c3cccc(NN=C(C#N)C#N)c3)n2)cc1. The van der Waals surface area contributed by atoms with Crippen LogP contribution in [-0.2, 0) is 0 Å². The van der Waals surface area contributed by atoms with E-state index in [2.05, 4.69) is 15.5 Å². The fraction of sp³-hybridized carbons (Fsp3) is 0.0526. The largest absolute Gasteiger partial charge is 0.497 e. The van der Waals surface area contributed by atoms with E-state index >= 15 is 0 Å². The summed E-state index contributed by atoms with van der Waals surface area (Å²) in [6.45, 7) is 0. The molecule has 0 aliphatic carbocycles. The zero-order chi connectivity index (χ0) is 18.4. The molecule has 1 aromatic heterocycles. The number of hydrogen-bond donors (Lipinski definition) is 1. The number of aromatic nitrogens is 1. The number of nitrogens with one attached hydrogen (secondary N) is 1. The van der Waals surface area contributed by atoms with E-state index in [1.165, 1.54) is 11.3 Å². The fourth-order valence-corrected chi connectivity index (χ4v) is 3.04. The first-order chi connectivity index (χ1) is 12.7. The molecule has 6 nitrogen and oxygen atoms in total. The predicted octanol–water partition coefficient (Wildman–Crippen LogP) is 4.30. The average molecular weight is 359 g/mol. The van der Waals surface area contributed by atoms with Gasteiger partial charge in [0.1, 0.15) is 22.9 Å². The summed E-state index contributed by atoms with van der Waals surface area (Å²) in [6.07, 6.45) is 0. The number of benzene rings is 2. The second-order valence-corrected chi connectivity index (χ2v) is 6.00. The van der Waals surface area contributed by atoms with Crippen LogP contribution in [0.4, 0.5) is 5.69 Å². The number of anilines is 1. The molecule has 0 aliphatic rings. The highest BCUT2D eigenvalue weighted by Gasteiger charge is 2.08. The lowest BCUT2D eigenvalue weighted by Gasteiger charge is -2.02. The van der Waals surface area contributed by atoms with Gasteiger partial charge in [-0.2, -0.15) is 15.6 Å². The summed E-state index contributed by atoms with van der Waals surface area (Å²) in [7, 11) is 1.64. The van der Waals surface area contributed by atoms with Gasteiger partial charge >= 0.3 is 0 Å². The second-order valence-electron chi connectivity index (χ2n) is 5.14. The molecular formula is C19H13N5OS. The predicted molar refractivity (Wildman–Crippen MR) is 102 cm³/mol. The fourth-order valence-electron chi connectivity index (χ4n) is 2.22. The van der Waals surface area contributed by atoms with E-state index in [-0.39, 0.29) is 5.71 Å². The van der Waals surface area contributed by atoms with Gasteiger partial charge in [0.05, 0.1) is 18.5 Å². The third-order valence-corrected chi connectivity index (χ3v) is 4.40. The molecule has 0 saturated carbocycles. The van der Waals surface area contributed by atoms with E-state index in [0.717, 1.165) is 27.6 Å². The lowest BCUT2D eigenvalue weighted by atomic mass is 10.1. The maximum absolute atomic E-state index is 8.72. The molecular weight excluding hydrogens is 346 g/mol. The Morgan fingerprint density at radius 3 is 2.58 bits per heavy atom. The van der Waals surface area contributed by atoms with Crippen LogP contribution in [0, 0.1) is 22.7 Å². The van der Waals surface area contributed by atoms with Crippen molar-refractivity contribution in [2.24, 2.45) is 5.10 Å². The number of methoxy groups -OCH3 is 1. The summed E-state index contributed by atoms with van der Waals surface area (Å²) >= 11 is 1.54. The molecule has 0 amide bonds. The standard InChI is InChI=1S/C19H13N5OS/c1-25-17-7-5-13(6-8-17)18-12-26-19(22-18)14-3-2-4-15(9-14)23-24-16(10-20)11-21/h2-9,12,23H,1H3. The highest BCUT2D eigenvalue weighted by atomic mass is 32.1. The van der Waals surface area contributed by atoms with E-state index in [1.54, 1.807) is 25.3 Å². The molecule has 0 bridgehead atoms. The number of hydrazone groups is 1. The van der Waals surface area contributed by atoms with Crippen LogP contribution in [-0.4, -0.2) is 17.8 Å². The topological polar surface area (TPSA) is 94.1 Å². The molecule has 0 fully saturated rings. The van der Waals surface area contributed by atoms with Crippen LogP contribution in [0.3, 0.4) is 0 Å². The van der Waals surface area contributed by atoms with Crippen LogP contribution in [0.2, 0.25) is 0 Å². The van der Waals surface area contributed by atoms with Crippen molar-refractivity contribution in [3.05, 3.63) is 53.9 Å². The van der Waals surface area contributed by atoms with Gasteiger partial charge < -0.3 is 4.74 Å². The monoisotopic (exact) mass is 359 g/mol. The van der Waals surface area contributed by atoms with E-state index in [1.807, 2.05) is 47.8 Å².